The van der Waals surface area contributed by atoms with E-state index in [0.717, 1.165) is 57.8 Å². The van der Waals surface area contributed by atoms with Crippen LogP contribution in [0.2, 0.25) is 0 Å². The number of rotatable bonds is 56. The Morgan fingerprint density at radius 1 is 0.400 bits per heavy atom. The van der Waals surface area contributed by atoms with E-state index in [0.29, 0.717) is 19.4 Å². The maximum atomic E-state index is 12.4. The Bertz CT molecular complexity index is 1220. The van der Waals surface area contributed by atoms with Crippen LogP contribution in [0.15, 0.2) is 60.8 Å². The normalized spacial score (nSPS) is 13.0. The average Bonchev–Trinajstić information content (AvgIpc) is 3.36. The van der Waals surface area contributed by atoms with Gasteiger partial charge in [0.05, 0.1) is 25.4 Å². The number of esters is 1. The first-order valence-corrected chi connectivity index (χ1v) is 30.6. The molecular weight excluding hydrogens is 863 g/mol. The summed E-state index contributed by atoms with van der Waals surface area (Å²) < 4.78 is 5.48. The van der Waals surface area contributed by atoms with Crippen LogP contribution in [-0.4, -0.2) is 47.4 Å². The number of allylic oxidation sites excluding steroid dienone is 9. The molecule has 6 heteroatoms. The standard InChI is InChI=1S/C64H117NO5/c1-3-5-7-9-11-13-15-16-17-27-31-34-38-42-46-50-54-58-64(69)70-59-55-51-47-43-39-35-32-29-26-24-22-20-18-19-21-23-25-28-30-33-37-41-45-49-53-57-63(68)65-61(60-66)62(67)56-52-48-44-40-36-14-12-10-8-6-4-2/h11,13,16-17,19-22,52,56,61-62,66-67H,3-10,12,14-15,18,23-51,53-55,57-60H2,1-2H3,(H,65,68)/b13-11-,17-16-,21-19-,22-20-,56-52+. The van der Waals surface area contributed by atoms with Crippen molar-refractivity contribution >= 4 is 11.9 Å². The van der Waals surface area contributed by atoms with Crippen molar-refractivity contribution in [2.24, 2.45) is 0 Å². The summed E-state index contributed by atoms with van der Waals surface area (Å²) in [6.45, 7) is 4.85. The molecule has 0 aliphatic carbocycles. The van der Waals surface area contributed by atoms with Crippen LogP contribution in [-0.2, 0) is 14.3 Å². The molecule has 0 saturated heterocycles. The Labute approximate surface area is 435 Å². The van der Waals surface area contributed by atoms with Gasteiger partial charge in [-0.1, -0.05) is 261 Å². The largest absolute Gasteiger partial charge is 0.466 e. The summed E-state index contributed by atoms with van der Waals surface area (Å²) in [6.07, 6.45) is 76.9. The summed E-state index contributed by atoms with van der Waals surface area (Å²) in [4.78, 5) is 24.5. The van der Waals surface area contributed by atoms with Gasteiger partial charge in [0.25, 0.3) is 0 Å². The van der Waals surface area contributed by atoms with Gasteiger partial charge < -0.3 is 20.3 Å². The highest BCUT2D eigenvalue weighted by atomic mass is 16.5. The second-order valence-electron chi connectivity index (χ2n) is 20.7. The van der Waals surface area contributed by atoms with Crippen molar-refractivity contribution in [1.82, 2.24) is 5.32 Å². The van der Waals surface area contributed by atoms with Crippen molar-refractivity contribution in [2.75, 3.05) is 13.2 Å². The molecule has 0 saturated carbocycles. The zero-order chi connectivity index (χ0) is 50.7. The van der Waals surface area contributed by atoms with Gasteiger partial charge in [0.1, 0.15) is 0 Å². The highest BCUT2D eigenvalue weighted by Crippen LogP contribution is 2.16. The van der Waals surface area contributed by atoms with Gasteiger partial charge in [0.15, 0.2) is 0 Å². The molecule has 1 amide bonds. The van der Waals surface area contributed by atoms with Crippen molar-refractivity contribution in [3.8, 4) is 0 Å². The summed E-state index contributed by atoms with van der Waals surface area (Å²) in [6, 6.07) is -0.632. The van der Waals surface area contributed by atoms with E-state index in [9.17, 15) is 19.8 Å². The number of hydrogen-bond acceptors (Lipinski definition) is 5. The van der Waals surface area contributed by atoms with Gasteiger partial charge in [-0.15, -0.1) is 0 Å². The van der Waals surface area contributed by atoms with Gasteiger partial charge in [0.2, 0.25) is 5.91 Å². The van der Waals surface area contributed by atoms with E-state index in [1.165, 1.54) is 225 Å². The summed E-state index contributed by atoms with van der Waals surface area (Å²) in [5.74, 6) is -0.0761. The maximum absolute atomic E-state index is 12.4. The van der Waals surface area contributed by atoms with Gasteiger partial charge in [-0.2, -0.15) is 0 Å². The predicted molar refractivity (Wildman–Crippen MR) is 305 cm³/mol. The molecule has 408 valence electrons. The lowest BCUT2D eigenvalue weighted by atomic mass is 10.0. The molecule has 0 aromatic heterocycles. The summed E-state index contributed by atoms with van der Waals surface area (Å²) >= 11 is 0. The quantitative estimate of drug-likeness (QED) is 0.0321. The lowest BCUT2D eigenvalue weighted by Gasteiger charge is -2.20. The van der Waals surface area contributed by atoms with Crippen LogP contribution in [0.3, 0.4) is 0 Å². The molecule has 0 bridgehead atoms. The fraction of sp³-hybridized carbons (Fsp3) is 0.812. The number of aliphatic hydroxyl groups is 2. The minimum absolute atomic E-state index is 0.0000437. The smallest absolute Gasteiger partial charge is 0.305 e. The Balaban J connectivity index is 3.44. The summed E-state index contributed by atoms with van der Waals surface area (Å²) in [5.41, 5.74) is 0. The van der Waals surface area contributed by atoms with Crippen LogP contribution in [0, 0.1) is 0 Å². The first-order chi connectivity index (χ1) is 34.5. The van der Waals surface area contributed by atoms with E-state index in [1.54, 1.807) is 6.08 Å². The number of unbranched alkanes of at least 4 members (excludes halogenated alkanes) is 37. The fourth-order valence-corrected chi connectivity index (χ4v) is 9.05. The molecule has 3 N–H and O–H groups in total. The number of aliphatic hydroxyl groups excluding tert-OH is 2. The van der Waals surface area contributed by atoms with Gasteiger partial charge in [-0.05, 0) is 96.3 Å². The van der Waals surface area contributed by atoms with Crippen molar-refractivity contribution in [3.63, 3.8) is 0 Å². The highest BCUT2D eigenvalue weighted by molar-refractivity contribution is 5.76. The van der Waals surface area contributed by atoms with Crippen molar-refractivity contribution in [3.05, 3.63) is 60.8 Å². The topological polar surface area (TPSA) is 95.9 Å². The van der Waals surface area contributed by atoms with Gasteiger partial charge in [-0.3, -0.25) is 9.59 Å². The Kier molecular flexibility index (Phi) is 57.1. The van der Waals surface area contributed by atoms with E-state index >= 15 is 0 Å². The van der Waals surface area contributed by atoms with Crippen molar-refractivity contribution in [2.45, 2.75) is 321 Å². The first-order valence-electron chi connectivity index (χ1n) is 30.6. The Morgan fingerprint density at radius 2 is 0.714 bits per heavy atom. The predicted octanol–water partition coefficient (Wildman–Crippen LogP) is 19.1. The minimum Gasteiger partial charge on any atom is -0.466 e. The van der Waals surface area contributed by atoms with Crippen molar-refractivity contribution < 1.29 is 24.5 Å². The molecule has 0 radical (unpaired) electrons. The van der Waals surface area contributed by atoms with E-state index in [2.05, 4.69) is 67.8 Å². The second-order valence-corrected chi connectivity index (χ2v) is 20.7. The number of hydrogen-bond donors (Lipinski definition) is 3. The van der Waals surface area contributed by atoms with Crippen LogP contribution >= 0.6 is 0 Å². The van der Waals surface area contributed by atoms with Gasteiger partial charge >= 0.3 is 5.97 Å². The van der Waals surface area contributed by atoms with Crippen LogP contribution in [0.5, 0.6) is 0 Å². The third-order valence-electron chi connectivity index (χ3n) is 13.8. The molecule has 0 aromatic carbocycles. The molecule has 6 nitrogen and oxygen atoms in total. The molecule has 0 spiro atoms. The van der Waals surface area contributed by atoms with Crippen LogP contribution in [0.4, 0.5) is 0 Å². The lowest BCUT2D eigenvalue weighted by Crippen LogP contribution is -2.45. The van der Waals surface area contributed by atoms with E-state index in [-0.39, 0.29) is 18.5 Å². The minimum atomic E-state index is -0.848. The number of carbonyl (C=O) groups is 2. The molecule has 2 unspecified atom stereocenters. The molecule has 0 rings (SSSR count). The van der Waals surface area contributed by atoms with Crippen LogP contribution < -0.4 is 5.32 Å². The SMILES string of the molecule is CCCCC/C=C\C/C=C\CCCCCCCCCC(=O)OCCCCCCCCCCC/C=C\C/C=C\CCCCCCCCCCCC(=O)NC(CO)C(O)/C=C/CCCCCCCCCCC. The van der Waals surface area contributed by atoms with Crippen molar-refractivity contribution in [1.29, 1.82) is 0 Å². The van der Waals surface area contributed by atoms with E-state index < -0.39 is 12.1 Å². The summed E-state index contributed by atoms with van der Waals surface area (Å²) in [7, 11) is 0. The number of nitrogens with one attached hydrogen (secondary N) is 1. The lowest BCUT2D eigenvalue weighted by molar-refractivity contribution is -0.143. The number of ether oxygens (including phenoxy) is 1. The molecule has 0 fully saturated rings. The van der Waals surface area contributed by atoms with Gasteiger partial charge in [0, 0.05) is 12.8 Å². The summed E-state index contributed by atoms with van der Waals surface area (Å²) in [5, 5.41) is 23.0. The average molecular weight is 981 g/mol. The molecule has 0 aliphatic rings. The highest BCUT2D eigenvalue weighted by Gasteiger charge is 2.18. The molecular formula is C64H117NO5. The molecule has 0 aromatic rings. The zero-order valence-electron chi connectivity index (χ0n) is 46.5. The van der Waals surface area contributed by atoms with E-state index in [4.69, 9.17) is 4.74 Å². The third kappa shape index (κ3) is 54.9. The molecule has 70 heavy (non-hydrogen) atoms. The maximum Gasteiger partial charge on any atom is 0.305 e. The zero-order valence-corrected chi connectivity index (χ0v) is 46.5. The number of carbonyl (C=O) groups excluding carboxylic acids is 2. The van der Waals surface area contributed by atoms with Gasteiger partial charge in [-0.25, -0.2) is 0 Å². The monoisotopic (exact) mass is 980 g/mol. The Morgan fingerprint density at radius 3 is 1.11 bits per heavy atom. The van der Waals surface area contributed by atoms with Crippen LogP contribution in [0.25, 0.3) is 0 Å². The number of amides is 1. The van der Waals surface area contributed by atoms with Crippen LogP contribution in [0.1, 0.15) is 309 Å². The second kappa shape index (κ2) is 59.1. The Hall–Kier alpha value is -2.44. The molecule has 2 atom stereocenters. The van der Waals surface area contributed by atoms with E-state index in [1.807, 2.05) is 6.08 Å². The fourth-order valence-electron chi connectivity index (χ4n) is 9.05. The molecule has 0 heterocycles. The molecule has 0 aliphatic heterocycles. The first kappa shape index (κ1) is 67.6. The third-order valence-corrected chi connectivity index (χ3v) is 13.8.